The molecule has 196 valence electrons. The summed E-state index contributed by atoms with van der Waals surface area (Å²) in [5, 5.41) is 2.91. The third-order valence-corrected chi connectivity index (χ3v) is 8.99. The Morgan fingerprint density at radius 1 is 0.737 bits per heavy atom. The number of hydrogen-bond donors (Lipinski definition) is 1. The Hall–Kier alpha value is -3.95. The van der Waals surface area contributed by atoms with Crippen molar-refractivity contribution >= 4 is 31.5 Å². The number of carbonyl (C=O) groups excluding carboxylic acids is 1. The smallest absolute Gasteiger partial charge is 0.264 e. The zero-order valence-corrected chi connectivity index (χ0v) is 22.6. The molecule has 0 heterocycles. The van der Waals surface area contributed by atoms with Gasteiger partial charge in [0.05, 0.1) is 28.1 Å². The number of amides is 1. The molecule has 0 spiro atoms. The highest BCUT2D eigenvalue weighted by Gasteiger charge is 2.25. The maximum absolute atomic E-state index is 13.5. The molecular weight excluding hydrogens is 520 g/mol. The number of carbonyl (C=O) groups is 1. The highest BCUT2D eigenvalue weighted by molar-refractivity contribution is 7.92. The lowest BCUT2D eigenvalue weighted by molar-refractivity contribution is 0.0940. The van der Waals surface area contributed by atoms with Crippen molar-refractivity contribution < 1.29 is 21.6 Å². The Morgan fingerprint density at radius 3 is 1.84 bits per heavy atom. The van der Waals surface area contributed by atoms with Gasteiger partial charge in [-0.3, -0.25) is 9.10 Å². The van der Waals surface area contributed by atoms with Crippen LogP contribution in [0, 0.1) is 0 Å². The zero-order chi connectivity index (χ0) is 27.3. The van der Waals surface area contributed by atoms with Crippen LogP contribution < -0.4 is 9.62 Å². The van der Waals surface area contributed by atoms with E-state index < -0.39 is 19.9 Å². The number of rotatable bonds is 9. The van der Waals surface area contributed by atoms with E-state index >= 15 is 0 Å². The topological polar surface area (TPSA) is 101 Å². The molecule has 0 aliphatic carbocycles. The quantitative estimate of drug-likeness (QED) is 0.318. The van der Waals surface area contributed by atoms with Gasteiger partial charge < -0.3 is 5.32 Å². The fraction of sp³-hybridized carbons (Fsp3) is 0.138. The van der Waals surface area contributed by atoms with Gasteiger partial charge >= 0.3 is 0 Å². The van der Waals surface area contributed by atoms with Gasteiger partial charge in [0.25, 0.3) is 15.9 Å². The molecule has 4 rings (SSSR count). The molecule has 0 saturated carbocycles. The van der Waals surface area contributed by atoms with Crippen LogP contribution in [0.2, 0.25) is 0 Å². The van der Waals surface area contributed by atoms with Crippen LogP contribution in [0.3, 0.4) is 0 Å². The summed E-state index contributed by atoms with van der Waals surface area (Å²) in [5.41, 5.74) is 2.45. The lowest BCUT2D eigenvalue weighted by Gasteiger charge is -2.25. The Labute approximate surface area is 223 Å². The SMILES string of the molecule is C[C@H](NC(=O)c1ccc(CN(c2ccccc2)S(=O)(=O)c2ccccc2)cc1)c1ccc(S(C)(=O)=O)cc1. The molecule has 1 N–H and O–H groups in total. The van der Waals surface area contributed by atoms with Gasteiger partial charge in [-0.1, -0.05) is 60.7 Å². The molecular formula is C29H28N2O5S2. The van der Waals surface area contributed by atoms with Crippen molar-refractivity contribution in [3.05, 3.63) is 126 Å². The van der Waals surface area contributed by atoms with Crippen molar-refractivity contribution in [2.24, 2.45) is 0 Å². The second-order valence-electron chi connectivity index (χ2n) is 8.89. The summed E-state index contributed by atoms with van der Waals surface area (Å²) in [5.74, 6) is -0.298. The first-order chi connectivity index (χ1) is 18.1. The van der Waals surface area contributed by atoms with Crippen LogP contribution in [0.1, 0.15) is 34.5 Å². The summed E-state index contributed by atoms with van der Waals surface area (Å²) in [7, 11) is -7.12. The summed E-state index contributed by atoms with van der Waals surface area (Å²) in [6.07, 6.45) is 1.15. The predicted octanol–water partition coefficient (Wildman–Crippen LogP) is 4.98. The van der Waals surface area contributed by atoms with Crippen LogP contribution in [0.4, 0.5) is 5.69 Å². The number of sulfone groups is 1. The van der Waals surface area contributed by atoms with Crippen LogP contribution in [0.5, 0.6) is 0 Å². The van der Waals surface area contributed by atoms with Crippen LogP contribution >= 0.6 is 0 Å². The van der Waals surface area contributed by atoms with Crippen molar-refractivity contribution in [1.29, 1.82) is 0 Å². The number of para-hydroxylation sites is 1. The minimum absolute atomic E-state index is 0.0895. The van der Waals surface area contributed by atoms with Gasteiger partial charge in [0.1, 0.15) is 0 Å². The summed E-state index contributed by atoms with van der Waals surface area (Å²) >= 11 is 0. The van der Waals surface area contributed by atoms with Crippen molar-refractivity contribution in [2.45, 2.75) is 29.3 Å². The van der Waals surface area contributed by atoms with Crippen LogP contribution in [-0.4, -0.2) is 29.0 Å². The highest BCUT2D eigenvalue weighted by Crippen LogP contribution is 2.26. The van der Waals surface area contributed by atoms with Crippen molar-refractivity contribution in [3.63, 3.8) is 0 Å². The number of sulfonamides is 1. The van der Waals surface area contributed by atoms with E-state index in [1.165, 1.54) is 16.4 Å². The summed E-state index contributed by atoms with van der Waals surface area (Å²) in [6, 6.07) is 30.0. The molecule has 0 aromatic heterocycles. The minimum atomic E-state index is -3.82. The Kier molecular flexibility index (Phi) is 7.99. The summed E-state index contributed by atoms with van der Waals surface area (Å²) < 4.78 is 51.6. The first-order valence-electron chi connectivity index (χ1n) is 11.9. The number of nitrogens with one attached hydrogen (secondary N) is 1. The Bertz CT molecular complexity index is 1600. The average molecular weight is 549 g/mol. The molecule has 0 unspecified atom stereocenters. The van der Waals surface area contributed by atoms with Gasteiger partial charge in [-0.15, -0.1) is 0 Å². The maximum atomic E-state index is 13.5. The average Bonchev–Trinajstić information content (AvgIpc) is 2.92. The molecule has 4 aromatic carbocycles. The first kappa shape index (κ1) is 27.1. The second-order valence-corrected chi connectivity index (χ2v) is 12.8. The number of anilines is 1. The second kappa shape index (κ2) is 11.2. The van der Waals surface area contributed by atoms with E-state index in [9.17, 15) is 21.6 Å². The molecule has 0 aliphatic rings. The van der Waals surface area contributed by atoms with Gasteiger partial charge in [-0.05, 0) is 66.6 Å². The van der Waals surface area contributed by atoms with Gasteiger partial charge in [0, 0.05) is 11.8 Å². The van der Waals surface area contributed by atoms with Gasteiger partial charge in [0.2, 0.25) is 0 Å². The molecule has 7 nitrogen and oxygen atoms in total. The van der Waals surface area contributed by atoms with Crippen molar-refractivity contribution in [1.82, 2.24) is 5.32 Å². The van der Waals surface area contributed by atoms with Crippen LogP contribution in [0.15, 0.2) is 119 Å². The van der Waals surface area contributed by atoms with E-state index in [4.69, 9.17) is 0 Å². The van der Waals surface area contributed by atoms with E-state index in [1.807, 2.05) is 13.0 Å². The molecule has 0 aliphatic heterocycles. The minimum Gasteiger partial charge on any atom is -0.346 e. The van der Waals surface area contributed by atoms with E-state index in [2.05, 4.69) is 5.32 Å². The zero-order valence-electron chi connectivity index (χ0n) is 21.0. The Morgan fingerprint density at radius 2 is 1.29 bits per heavy atom. The van der Waals surface area contributed by atoms with E-state index in [0.29, 0.717) is 16.8 Å². The Balaban J connectivity index is 1.50. The molecule has 0 radical (unpaired) electrons. The van der Waals surface area contributed by atoms with Crippen molar-refractivity contribution in [3.8, 4) is 0 Å². The molecule has 9 heteroatoms. The highest BCUT2D eigenvalue weighted by atomic mass is 32.2. The fourth-order valence-electron chi connectivity index (χ4n) is 3.92. The van der Waals surface area contributed by atoms with Gasteiger partial charge in [-0.25, -0.2) is 16.8 Å². The summed E-state index contributed by atoms with van der Waals surface area (Å²) in [4.78, 5) is 13.3. The standard InChI is InChI=1S/C29H28N2O5S2/c1-22(24-17-19-27(20-18-24)37(2,33)34)30-29(32)25-15-13-23(14-16-25)21-31(26-9-5-3-6-10-26)38(35,36)28-11-7-4-8-12-28/h3-20,22H,21H2,1-2H3,(H,30,32)/t22-/m0/s1. The lowest BCUT2D eigenvalue weighted by Crippen LogP contribution is -2.30. The molecule has 4 aromatic rings. The maximum Gasteiger partial charge on any atom is 0.264 e. The molecule has 0 bridgehead atoms. The fourth-order valence-corrected chi connectivity index (χ4v) is 6.03. The van der Waals surface area contributed by atoms with E-state index in [1.54, 1.807) is 91.0 Å². The monoisotopic (exact) mass is 548 g/mol. The largest absolute Gasteiger partial charge is 0.346 e. The van der Waals surface area contributed by atoms with E-state index in [0.717, 1.165) is 11.8 Å². The van der Waals surface area contributed by atoms with Gasteiger partial charge in [0.15, 0.2) is 9.84 Å². The number of nitrogens with zero attached hydrogens (tertiary/aromatic N) is 1. The first-order valence-corrected chi connectivity index (χ1v) is 15.2. The normalized spacial score (nSPS) is 12.5. The summed E-state index contributed by atoms with van der Waals surface area (Å²) in [6.45, 7) is 1.90. The molecule has 0 saturated heterocycles. The van der Waals surface area contributed by atoms with Crippen LogP contribution in [0.25, 0.3) is 0 Å². The number of hydrogen-bond acceptors (Lipinski definition) is 5. The predicted molar refractivity (Wildman–Crippen MR) is 148 cm³/mol. The molecule has 1 atom stereocenters. The van der Waals surface area contributed by atoms with Crippen molar-refractivity contribution in [2.75, 3.05) is 10.6 Å². The number of benzene rings is 4. The van der Waals surface area contributed by atoms with Gasteiger partial charge in [-0.2, -0.15) is 0 Å². The van der Waals surface area contributed by atoms with Crippen LogP contribution in [-0.2, 0) is 26.4 Å². The van der Waals surface area contributed by atoms with E-state index in [-0.39, 0.29) is 28.3 Å². The molecule has 0 fully saturated rings. The third-order valence-electron chi connectivity index (χ3n) is 6.07. The lowest BCUT2D eigenvalue weighted by atomic mass is 10.1. The third kappa shape index (κ3) is 6.30. The molecule has 38 heavy (non-hydrogen) atoms. The molecule has 1 amide bonds.